The van der Waals surface area contributed by atoms with Crippen molar-refractivity contribution in [3.63, 3.8) is 0 Å². The van der Waals surface area contributed by atoms with Crippen LogP contribution in [0.5, 0.6) is 0 Å². The van der Waals surface area contributed by atoms with Crippen LogP contribution in [0.25, 0.3) is 0 Å². The van der Waals surface area contributed by atoms with Crippen molar-refractivity contribution in [2.75, 3.05) is 39.6 Å². The van der Waals surface area contributed by atoms with Gasteiger partial charge >= 0.3 is 39.5 Å². The molecule has 0 aromatic carbocycles. The summed E-state index contributed by atoms with van der Waals surface area (Å²) in [6.07, 6.45) is 54.7. The lowest BCUT2D eigenvalue weighted by Gasteiger charge is -2.21. The Morgan fingerprint density at radius 2 is 0.511 bits per heavy atom. The molecule has 0 rings (SSSR count). The highest BCUT2D eigenvalue weighted by Gasteiger charge is 2.30. The maximum absolute atomic E-state index is 13.1. The molecule has 0 saturated heterocycles. The molecule has 17 nitrogen and oxygen atoms in total. The lowest BCUT2D eigenvalue weighted by molar-refractivity contribution is -0.161. The van der Waals surface area contributed by atoms with Crippen LogP contribution in [0.3, 0.4) is 0 Å². The SMILES string of the molecule is CCCCCCCCCCCCCCCCCCCC(=O)OC[C@H](COP(=O)(O)OC[C@@H](O)COP(=O)(O)OC[C@@H](COC(=O)CCCCCCC)OC(=O)CCCCCCCCC(C)CC)OC(=O)CCCCCCCCCCCCCCCCCCCCC(C)CC. The molecule has 0 heterocycles. The molecular formula is C75H146O17P2. The number of esters is 4. The second-order valence-electron chi connectivity index (χ2n) is 27.5. The van der Waals surface area contributed by atoms with Crippen LogP contribution in [0.15, 0.2) is 0 Å². The third kappa shape index (κ3) is 66.0. The number of rotatable bonds is 74. The van der Waals surface area contributed by atoms with E-state index < -0.39 is 97.5 Å². The number of aliphatic hydroxyl groups excluding tert-OH is 1. The largest absolute Gasteiger partial charge is 0.472 e. The summed E-state index contributed by atoms with van der Waals surface area (Å²) < 4.78 is 68.2. The van der Waals surface area contributed by atoms with Crippen molar-refractivity contribution in [3.05, 3.63) is 0 Å². The van der Waals surface area contributed by atoms with Gasteiger partial charge in [-0.3, -0.25) is 37.3 Å². The highest BCUT2D eigenvalue weighted by Crippen LogP contribution is 2.45. The molecule has 0 fully saturated rings. The van der Waals surface area contributed by atoms with E-state index in [1.54, 1.807) is 0 Å². The Hall–Kier alpha value is -1.94. The van der Waals surface area contributed by atoms with Gasteiger partial charge in [0, 0.05) is 25.7 Å². The maximum Gasteiger partial charge on any atom is 0.472 e. The molecule has 0 aromatic heterocycles. The zero-order valence-electron chi connectivity index (χ0n) is 61.3. The monoisotopic (exact) mass is 1380 g/mol. The van der Waals surface area contributed by atoms with Crippen molar-refractivity contribution in [1.29, 1.82) is 0 Å². The molecule has 0 saturated carbocycles. The summed E-state index contributed by atoms with van der Waals surface area (Å²) in [5.74, 6) is -0.541. The fraction of sp³-hybridized carbons (Fsp3) is 0.947. The Morgan fingerprint density at radius 1 is 0.298 bits per heavy atom. The molecule has 7 atom stereocenters. The second kappa shape index (κ2) is 66.9. The average molecular weight is 1380 g/mol. The summed E-state index contributed by atoms with van der Waals surface area (Å²) in [7, 11) is -9.90. The van der Waals surface area contributed by atoms with Crippen LogP contribution in [-0.4, -0.2) is 96.7 Å². The first-order valence-electron chi connectivity index (χ1n) is 39.1. The van der Waals surface area contributed by atoms with E-state index in [-0.39, 0.29) is 25.7 Å². The summed E-state index contributed by atoms with van der Waals surface area (Å²) >= 11 is 0. The van der Waals surface area contributed by atoms with Crippen LogP contribution in [0.2, 0.25) is 0 Å². The standard InChI is InChI=1S/C75H146O17P2/c1-7-11-13-15-16-17-18-19-20-23-27-30-33-36-39-46-52-58-73(78)86-64-71(91-74(79)59-53-47-40-37-34-31-28-25-22-21-24-26-29-32-35-38-44-49-55-67(5)9-3)66-90-94(83,84)88-62-69(76)61-87-93(81,82)89-65-70(63-85-72(77)57-51-43-14-12-8-2)92-75(80)60-54-48-42-41-45-50-56-68(6)10-4/h67-71,76H,7-66H2,1-6H3,(H,81,82)(H,83,84)/t67?,68?,69-,70+,71+/m0/s1. The molecule has 0 aliphatic heterocycles. The summed E-state index contributed by atoms with van der Waals surface area (Å²) in [4.78, 5) is 72.4. The first-order chi connectivity index (χ1) is 45.4. The predicted molar refractivity (Wildman–Crippen MR) is 381 cm³/mol. The number of carbonyl (C=O) groups excluding carboxylic acids is 4. The minimum absolute atomic E-state index is 0.102. The highest BCUT2D eigenvalue weighted by molar-refractivity contribution is 7.47. The third-order valence-electron chi connectivity index (χ3n) is 18.2. The van der Waals surface area contributed by atoms with Crippen LogP contribution < -0.4 is 0 Å². The van der Waals surface area contributed by atoms with Crippen molar-refractivity contribution < 1.29 is 80.2 Å². The van der Waals surface area contributed by atoms with Gasteiger partial charge in [-0.25, -0.2) is 9.13 Å². The number of unbranched alkanes of at least 4 members (excludes halogenated alkanes) is 42. The van der Waals surface area contributed by atoms with Crippen LogP contribution in [0.1, 0.15) is 388 Å². The molecule has 0 bridgehead atoms. The molecule has 4 unspecified atom stereocenters. The van der Waals surface area contributed by atoms with Crippen molar-refractivity contribution >= 4 is 39.5 Å². The Bertz CT molecular complexity index is 1820. The van der Waals surface area contributed by atoms with E-state index in [1.807, 2.05) is 0 Å². The van der Waals surface area contributed by atoms with Gasteiger partial charge in [0.2, 0.25) is 0 Å². The number of aliphatic hydroxyl groups is 1. The van der Waals surface area contributed by atoms with Gasteiger partial charge in [-0.1, -0.05) is 337 Å². The van der Waals surface area contributed by atoms with Crippen LogP contribution in [-0.2, 0) is 65.4 Å². The minimum atomic E-state index is -4.95. The molecule has 19 heteroatoms. The van der Waals surface area contributed by atoms with Gasteiger partial charge in [-0.05, 0) is 37.5 Å². The Balaban J connectivity index is 5.11. The van der Waals surface area contributed by atoms with Crippen LogP contribution in [0.4, 0.5) is 0 Å². The lowest BCUT2D eigenvalue weighted by atomic mass is 9.99. The highest BCUT2D eigenvalue weighted by atomic mass is 31.2. The van der Waals surface area contributed by atoms with Gasteiger partial charge in [0.1, 0.15) is 19.3 Å². The Labute approximate surface area is 575 Å². The van der Waals surface area contributed by atoms with Crippen LogP contribution in [0, 0.1) is 11.8 Å². The Morgan fingerprint density at radius 3 is 0.755 bits per heavy atom. The fourth-order valence-corrected chi connectivity index (χ4v) is 13.0. The molecule has 0 aliphatic carbocycles. The number of hydrogen-bond acceptors (Lipinski definition) is 15. The first kappa shape index (κ1) is 92.1. The van der Waals surface area contributed by atoms with E-state index in [1.165, 1.54) is 199 Å². The predicted octanol–water partition coefficient (Wildman–Crippen LogP) is 21.9. The molecule has 0 amide bonds. The molecule has 0 radical (unpaired) electrons. The second-order valence-corrected chi connectivity index (χ2v) is 30.4. The number of carbonyl (C=O) groups is 4. The van der Waals surface area contributed by atoms with E-state index in [0.717, 1.165) is 108 Å². The van der Waals surface area contributed by atoms with E-state index in [0.29, 0.717) is 25.7 Å². The quantitative estimate of drug-likeness (QED) is 0.0222. The van der Waals surface area contributed by atoms with E-state index in [2.05, 4.69) is 41.5 Å². The van der Waals surface area contributed by atoms with E-state index in [9.17, 15) is 43.2 Å². The van der Waals surface area contributed by atoms with Gasteiger partial charge in [0.05, 0.1) is 26.4 Å². The first-order valence-corrected chi connectivity index (χ1v) is 42.1. The molecular weight excluding hydrogens is 1230 g/mol. The summed E-state index contributed by atoms with van der Waals surface area (Å²) in [6.45, 7) is 9.51. The molecule has 0 aromatic rings. The molecule has 0 spiro atoms. The third-order valence-corrected chi connectivity index (χ3v) is 20.1. The Kier molecular flexibility index (Phi) is 65.5. The molecule has 94 heavy (non-hydrogen) atoms. The van der Waals surface area contributed by atoms with Crippen molar-refractivity contribution in [2.24, 2.45) is 11.8 Å². The van der Waals surface area contributed by atoms with Crippen molar-refractivity contribution in [3.8, 4) is 0 Å². The van der Waals surface area contributed by atoms with Crippen molar-refractivity contribution in [1.82, 2.24) is 0 Å². The molecule has 3 N–H and O–H groups in total. The van der Waals surface area contributed by atoms with Crippen LogP contribution >= 0.6 is 15.6 Å². The number of ether oxygens (including phenoxy) is 4. The smallest absolute Gasteiger partial charge is 0.462 e. The minimum Gasteiger partial charge on any atom is -0.462 e. The van der Waals surface area contributed by atoms with E-state index in [4.69, 9.17) is 37.0 Å². The zero-order chi connectivity index (χ0) is 69.3. The van der Waals surface area contributed by atoms with Crippen molar-refractivity contribution in [2.45, 2.75) is 407 Å². The number of phosphoric ester groups is 2. The molecule has 558 valence electrons. The summed E-state index contributed by atoms with van der Waals surface area (Å²) in [5, 5.41) is 10.6. The maximum atomic E-state index is 13.1. The van der Waals surface area contributed by atoms with Gasteiger partial charge in [-0.2, -0.15) is 0 Å². The summed E-state index contributed by atoms with van der Waals surface area (Å²) in [6, 6.07) is 0. The van der Waals surface area contributed by atoms with Gasteiger partial charge in [0.15, 0.2) is 12.2 Å². The normalized spacial score (nSPS) is 14.6. The topological polar surface area (TPSA) is 237 Å². The number of phosphoric acid groups is 2. The van der Waals surface area contributed by atoms with Gasteiger partial charge in [-0.15, -0.1) is 0 Å². The van der Waals surface area contributed by atoms with Gasteiger partial charge < -0.3 is 33.8 Å². The van der Waals surface area contributed by atoms with E-state index >= 15 is 0 Å². The molecule has 0 aliphatic rings. The number of hydrogen-bond donors (Lipinski definition) is 3. The lowest BCUT2D eigenvalue weighted by Crippen LogP contribution is -2.30. The average Bonchev–Trinajstić information content (AvgIpc) is 2.49. The zero-order valence-corrected chi connectivity index (χ0v) is 63.1. The fourth-order valence-electron chi connectivity index (χ4n) is 11.4. The summed E-state index contributed by atoms with van der Waals surface area (Å²) in [5.41, 5.74) is 0. The van der Waals surface area contributed by atoms with Gasteiger partial charge in [0.25, 0.3) is 0 Å².